The van der Waals surface area contributed by atoms with Crippen molar-refractivity contribution in [2.24, 2.45) is 0 Å². The Labute approximate surface area is 294 Å². The van der Waals surface area contributed by atoms with Crippen LogP contribution in [0.15, 0.2) is 0 Å². The molecule has 6 heteroatoms. The second-order valence-electron chi connectivity index (χ2n) is 14.5. The van der Waals surface area contributed by atoms with E-state index in [1.54, 1.807) is 0 Å². The van der Waals surface area contributed by atoms with Crippen LogP contribution in [0.25, 0.3) is 0 Å². The number of carbonyl (C=O) groups is 2. The monoisotopic (exact) mass is 672 g/mol. The van der Waals surface area contributed by atoms with E-state index in [0.717, 1.165) is 25.7 Å². The molecular formula is C40H82ClN3O2. The van der Waals surface area contributed by atoms with E-state index < -0.39 is 5.79 Å². The minimum atomic E-state index is -0.848. The van der Waals surface area contributed by atoms with Gasteiger partial charge in [-0.3, -0.25) is 14.5 Å². The maximum absolute atomic E-state index is 12.7. The maximum atomic E-state index is 12.7. The van der Waals surface area contributed by atoms with Crippen LogP contribution in [0, 0.1) is 0 Å². The molecule has 0 aromatic heterocycles. The van der Waals surface area contributed by atoms with Gasteiger partial charge in [0.05, 0.1) is 0 Å². The zero-order chi connectivity index (χ0) is 33.3. The molecule has 0 unspecified atom stereocenters. The molecule has 5 nitrogen and oxygen atoms in total. The van der Waals surface area contributed by atoms with Crippen molar-refractivity contribution in [2.45, 2.75) is 232 Å². The molecule has 0 radical (unpaired) electrons. The van der Waals surface area contributed by atoms with Crippen LogP contribution in [0.4, 0.5) is 0 Å². The summed E-state index contributed by atoms with van der Waals surface area (Å²) in [6, 6.07) is 0. The van der Waals surface area contributed by atoms with Gasteiger partial charge >= 0.3 is 0 Å². The van der Waals surface area contributed by atoms with Crippen molar-refractivity contribution in [1.82, 2.24) is 15.5 Å². The molecule has 0 rings (SSSR count). The van der Waals surface area contributed by atoms with E-state index in [4.69, 9.17) is 0 Å². The van der Waals surface area contributed by atoms with Gasteiger partial charge in [-0.15, -0.1) is 12.4 Å². The first-order valence-electron chi connectivity index (χ1n) is 20.1. The number of carbonyl (C=O) groups excluding carboxylic acids is 2. The van der Waals surface area contributed by atoms with Crippen molar-refractivity contribution >= 4 is 24.2 Å². The number of rotatable bonds is 35. The molecule has 2 amide bonds. The summed E-state index contributed by atoms with van der Waals surface area (Å²) in [7, 11) is 3.81. The Morgan fingerprint density at radius 2 is 0.609 bits per heavy atom. The average Bonchev–Trinajstić information content (AvgIpc) is 3.00. The van der Waals surface area contributed by atoms with Gasteiger partial charge < -0.3 is 10.6 Å². The van der Waals surface area contributed by atoms with Crippen LogP contribution < -0.4 is 10.6 Å². The molecule has 0 aromatic rings. The highest BCUT2D eigenvalue weighted by Gasteiger charge is 2.30. The number of unbranched alkanes of at least 4 members (excludes halogenated alkanes) is 28. The van der Waals surface area contributed by atoms with Crippen LogP contribution in [-0.2, 0) is 9.59 Å². The van der Waals surface area contributed by atoms with Gasteiger partial charge in [0.15, 0.2) is 5.79 Å². The maximum Gasteiger partial charge on any atom is 0.222 e. The lowest BCUT2D eigenvalue weighted by atomic mass is 10.0. The van der Waals surface area contributed by atoms with Crippen molar-refractivity contribution in [3.63, 3.8) is 0 Å². The lowest BCUT2D eigenvalue weighted by molar-refractivity contribution is -0.130. The molecule has 0 fully saturated rings. The Morgan fingerprint density at radius 1 is 0.413 bits per heavy atom. The molecule has 0 aliphatic rings. The summed E-state index contributed by atoms with van der Waals surface area (Å²) in [6.07, 6.45) is 40.7. The summed E-state index contributed by atoms with van der Waals surface area (Å²) < 4.78 is 0. The van der Waals surface area contributed by atoms with Crippen LogP contribution in [0.2, 0.25) is 0 Å². The van der Waals surface area contributed by atoms with Gasteiger partial charge in [0, 0.05) is 12.8 Å². The quantitative estimate of drug-likeness (QED) is 0.0520. The van der Waals surface area contributed by atoms with Gasteiger partial charge in [-0.05, 0) is 33.9 Å². The SMILES string of the molecule is CCCCCCCCCCCCCCCCCC(=O)NC(C)(NC(=O)CCCCCCCCCCCCCCCCC)N(C)C.Cl. The standard InChI is InChI=1S/C40H81N3O2.ClH/c1-6-8-10-12-14-16-18-20-22-24-26-28-30-32-34-36-38(44)41-40(3,43(4)5)42-39(45)37-35-33-31-29-27-25-23-21-19-17-15-13-11-9-7-2;/h6-37H2,1-5H3,(H,41,44)(H,42,45);1H. The van der Waals surface area contributed by atoms with Gasteiger partial charge in [-0.25, -0.2) is 0 Å². The number of nitrogens with zero attached hydrogens (tertiary/aromatic N) is 1. The molecule has 0 bridgehead atoms. The topological polar surface area (TPSA) is 61.4 Å². The van der Waals surface area contributed by atoms with Crippen molar-refractivity contribution in [2.75, 3.05) is 14.1 Å². The first-order chi connectivity index (χ1) is 21.9. The fourth-order valence-electron chi connectivity index (χ4n) is 6.24. The Kier molecular flexibility index (Phi) is 36.5. The van der Waals surface area contributed by atoms with E-state index in [-0.39, 0.29) is 24.2 Å². The Hall–Kier alpha value is -0.810. The smallest absolute Gasteiger partial charge is 0.222 e. The second-order valence-corrected chi connectivity index (χ2v) is 14.5. The third kappa shape index (κ3) is 31.8. The Bertz CT molecular complexity index is 610. The number of nitrogens with one attached hydrogen (secondary N) is 2. The van der Waals surface area contributed by atoms with E-state index in [1.165, 1.54) is 167 Å². The molecule has 276 valence electrons. The van der Waals surface area contributed by atoms with Crippen molar-refractivity contribution < 1.29 is 9.59 Å². The van der Waals surface area contributed by atoms with Crippen LogP contribution in [0.3, 0.4) is 0 Å². The third-order valence-corrected chi connectivity index (χ3v) is 9.67. The molecule has 0 atom stereocenters. The van der Waals surface area contributed by atoms with Crippen LogP contribution in [0.5, 0.6) is 0 Å². The number of hydrogen-bond acceptors (Lipinski definition) is 3. The van der Waals surface area contributed by atoms with E-state index in [1.807, 2.05) is 25.9 Å². The van der Waals surface area contributed by atoms with Gasteiger partial charge in [-0.2, -0.15) is 0 Å². The number of hydrogen-bond donors (Lipinski definition) is 2. The highest BCUT2D eigenvalue weighted by atomic mass is 35.5. The van der Waals surface area contributed by atoms with E-state index in [2.05, 4.69) is 24.5 Å². The summed E-state index contributed by atoms with van der Waals surface area (Å²) in [5.41, 5.74) is 0. The zero-order valence-electron chi connectivity index (χ0n) is 31.8. The normalized spacial score (nSPS) is 11.5. The first-order valence-corrected chi connectivity index (χ1v) is 20.1. The fourth-order valence-corrected chi connectivity index (χ4v) is 6.24. The summed E-state index contributed by atoms with van der Waals surface area (Å²) in [5.74, 6) is -0.805. The molecule has 0 saturated heterocycles. The second kappa shape index (κ2) is 35.5. The van der Waals surface area contributed by atoms with Crippen LogP contribution in [0.1, 0.15) is 226 Å². The zero-order valence-corrected chi connectivity index (χ0v) is 32.6. The molecule has 0 aliphatic carbocycles. The summed E-state index contributed by atoms with van der Waals surface area (Å²) >= 11 is 0. The lowest BCUT2D eigenvalue weighted by Crippen LogP contribution is -2.66. The van der Waals surface area contributed by atoms with Gasteiger partial charge in [0.2, 0.25) is 11.8 Å². The van der Waals surface area contributed by atoms with Crippen molar-refractivity contribution in [1.29, 1.82) is 0 Å². The molecule has 0 saturated carbocycles. The third-order valence-electron chi connectivity index (χ3n) is 9.67. The fraction of sp³-hybridized carbons (Fsp3) is 0.950. The summed E-state index contributed by atoms with van der Waals surface area (Å²) in [6.45, 7) is 6.45. The largest absolute Gasteiger partial charge is 0.321 e. The number of halogens is 1. The van der Waals surface area contributed by atoms with Crippen LogP contribution in [-0.4, -0.2) is 36.6 Å². The predicted octanol–water partition coefficient (Wildman–Crippen LogP) is 12.4. The van der Waals surface area contributed by atoms with E-state index >= 15 is 0 Å². The highest BCUT2D eigenvalue weighted by molar-refractivity contribution is 5.85. The summed E-state index contributed by atoms with van der Waals surface area (Å²) in [4.78, 5) is 27.3. The molecule has 0 aliphatic heterocycles. The molecule has 2 N–H and O–H groups in total. The average molecular weight is 673 g/mol. The minimum absolute atomic E-state index is 0. The minimum Gasteiger partial charge on any atom is -0.321 e. The molecule has 0 spiro atoms. The molecule has 0 heterocycles. The van der Waals surface area contributed by atoms with Crippen molar-refractivity contribution in [3.05, 3.63) is 0 Å². The first kappa shape index (κ1) is 47.3. The Morgan fingerprint density at radius 3 is 0.804 bits per heavy atom. The highest BCUT2D eigenvalue weighted by Crippen LogP contribution is 2.16. The molecule has 0 aromatic carbocycles. The summed E-state index contributed by atoms with van der Waals surface area (Å²) in [5, 5.41) is 6.16. The molecular weight excluding hydrogens is 590 g/mol. The lowest BCUT2D eigenvalue weighted by Gasteiger charge is -2.38. The van der Waals surface area contributed by atoms with E-state index in [9.17, 15) is 9.59 Å². The van der Waals surface area contributed by atoms with Gasteiger partial charge in [-0.1, -0.05) is 194 Å². The van der Waals surface area contributed by atoms with Gasteiger partial charge in [0.25, 0.3) is 0 Å². The molecule has 46 heavy (non-hydrogen) atoms. The number of amides is 2. The van der Waals surface area contributed by atoms with E-state index in [0.29, 0.717) is 12.8 Å². The van der Waals surface area contributed by atoms with Crippen molar-refractivity contribution in [3.8, 4) is 0 Å². The predicted molar refractivity (Wildman–Crippen MR) is 205 cm³/mol. The van der Waals surface area contributed by atoms with Gasteiger partial charge in [0.1, 0.15) is 0 Å². The Balaban J connectivity index is 0. The van der Waals surface area contributed by atoms with Crippen LogP contribution >= 0.6 is 12.4 Å².